The van der Waals surface area contributed by atoms with Gasteiger partial charge in [-0.05, 0) is 25.6 Å². The Hall–Kier alpha value is -3.26. The van der Waals surface area contributed by atoms with Gasteiger partial charge in [-0.25, -0.2) is 0 Å². The highest BCUT2D eigenvalue weighted by molar-refractivity contribution is 6.06. The van der Waals surface area contributed by atoms with Crippen LogP contribution in [0.15, 0.2) is 42.7 Å². The average molecular weight is 433 g/mol. The van der Waals surface area contributed by atoms with Gasteiger partial charge in [0.15, 0.2) is 0 Å². The number of hydrogen-bond donors (Lipinski definition) is 0. The van der Waals surface area contributed by atoms with E-state index < -0.39 is 0 Å². The van der Waals surface area contributed by atoms with E-state index in [0.717, 1.165) is 49.2 Å². The van der Waals surface area contributed by atoms with Crippen molar-refractivity contribution in [3.05, 3.63) is 59.5 Å². The fraction of sp³-hybridized carbons (Fsp3) is 0.417. The molecule has 1 aromatic carbocycles. The van der Waals surface area contributed by atoms with Crippen molar-refractivity contribution in [3.8, 4) is 0 Å². The Morgan fingerprint density at radius 2 is 1.75 bits per heavy atom. The van der Waals surface area contributed by atoms with E-state index in [9.17, 15) is 9.59 Å². The molecule has 0 radical (unpaired) electrons. The first-order valence-corrected chi connectivity index (χ1v) is 11.1. The Balaban J connectivity index is 1.42. The molecule has 0 spiro atoms. The molecule has 0 saturated carbocycles. The number of para-hydroxylation sites is 1. The van der Waals surface area contributed by atoms with Crippen molar-refractivity contribution >= 4 is 22.7 Å². The number of carbonyl (C=O) groups is 2. The van der Waals surface area contributed by atoms with Gasteiger partial charge in [0.2, 0.25) is 0 Å². The molecule has 2 aliphatic rings. The number of benzene rings is 1. The van der Waals surface area contributed by atoms with Crippen molar-refractivity contribution in [1.82, 2.24) is 29.5 Å². The monoisotopic (exact) mass is 432 g/mol. The van der Waals surface area contributed by atoms with Gasteiger partial charge >= 0.3 is 0 Å². The van der Waals surface area contributed by atoms with Crippen LogP contribution >= 0.6 is 0 Å². The Morgan fingerprint density at radius 3 is 2.50 bits per heavy atom. The Kier molecular flexibility index (Phi) is 5.38. The van der Waals surface area contributed by atoms with Gasteiger partial charge < -0.3 is 14.7 Å². The first-order chi connectivity index (χ1) is 15.5. The summed E-state index contributed by atoms with van der Waals surface area (Å²) in [5, 5.41) is 5.00. The quantitative estimate of drug-likeness (QED) is 0.633. The van der Waals surface area contributed by atoms with Crippen molar-refractivity contribution < 1.29 is 9.59 Å². The van der Waals surface area contributed by atoms with Gasteiger partial charge in [-0.1, -0.05) is 18.2 Å². The van der Waals surface area contributed by atoms with E-state index >= 15 is 0 Å². The third kappa shape index (κ3) is 3.86. The van der Waals surface area contributed by atoms with Crippen LogP contribution in [0.5, 0.6) is 0 Å². The largest absolute Gasteiger partial charge is 0.338 e. The van der Waals surface area contributed by atoms with Gasteiger partial charge in [0.1, 0.15) is 0 Å². The highest BCUT2D eigenvalue weighted by Gasteiger charge is 2.31. The molecule has 2 fully saturated rings. The minimum Gasteiger partial charge on any atom is -0.338 e. The standard InChI is InChI=1S/C24H28N6O2/c1-27-9-11-29(12-10-27)24(32)20-13-22(26-21-6-4-3-5-19(20)21)17-7-8-30(16-17)23(31)18-14-25-28(2)15-18/h3-6,13-15,17H,7-12,16H2,1-2H3/t17-/m0/s1. The topological polar surface area (TPSA) is 74.6 Å². The lowest BCUT2D eigenvalue weighted by Gasteiger charge is -2.32. The lowest BCUT2D eigenvalue weighted by molar-refractivity contribution is 0.0665. The molecule has 0 bridgehead atoms. The number of likely N-dealkylation sites (tertiary alicyclic amines) is 1. The van der Waals surface area contributed by atoms with Gasteiger partial charge in [-0.15, -0.1) is 0 Å². The predicted octanol–water partition coefficient (Wildman–Crippen LogP) is 1.99. The average Bonchev–Trinajstić information content (AvgIpc) is 3.47. The molecule has 3 aromatic rings. The molecular weight excluding hydrogens is 404 g/mol. The second kappa shape index (κ2) is 8.35. The second-order valence-electron chi connectivity index (χ2n) is 8.85. The molecule has 2 aromatic heterocycles. The van der Waals surface area contributed by atoms with Crippen LogP contribution in [-0.4, -0.2) is 87.6 Å². The van der Waals surface area contributed by atoms with Crippen LogP contribution in [0, 0.1) is 0 Å². The first kappa shape index (κ1) is 20.6. The number of pyridine rings is 1. The summed E-state index contributed by atoms with van der Waals surface area (Å²) in [6, 6.07) is 9.81. The summed E-state index contributed by atoms with van der Waals surface area (Å²) in [6.07, 6.45) is 4.19. The van der Waals surface area contributed by atoms with Crippen molar-refractivity contribution in [2.24, 2.45) is 7.05 Å². The zero-order valence-electron chi connectivity index (χ0n) is 18.6. The third-order valence-electron chi connectivity index (χ3n) is 6.60. The van der Waals surface area contributed by atoms with Crippen LogP contribution in [0.4, 0.5) is 0 Å². The minimum absolute atomic E-state index is 0.00451. The highest BCUT2D eigenvalue weighted by Crippen LogP contribution is 2.30. The SMILES string of the molecule is CN1CCN(C(=O)c2cc([C@H]3CCN(C(=O)c4cnn(C)c4)C3)nc3ccccc23)CC1. The number of likely N-dealkylation sites (N-methyl/N-ethyl adjacent to an activating group) is 1. The van der Waals surface area contributed by atoms with E-state index in [4.69, 9.17) is 4.98 Å². The zero-order chi connectivity index (χ0) is 22.2. The maximum absolute atomic E-state index is 13.5. The summed E-state index contributed by atoms with van der Waals surface area (Å²) in [5.74, 6) is 0.175. The molecule has 8 heteroatoms. The molecule has 2 aliphatic heterocycles. The number of aromatic nitrogens is 3. The van der Waals surface area contributed by atoms with Gasteiger partial charge in [-0.2, -0.15) is 5.10 Å². The first-order valence-electron chi connectivity index (χ1n) is 11.1. The van der Waals surface area contributed by atoms with E-state index in [2.05, 4.69) is 17.0 Å². The highest BCUT2D eigenvalue weighted by atomic mass is 16.2. The molecule has 2 amide bonds. The van der Waals surface area contributed by atoms with Gasteiger partial charge in [-0.3, -0.25) is 19.3 Å². The lowest BCUT2D eigenvalue weighted by atomic mass is 9.98. The third-order valence-corrected chi connectivity index (χ3v) is 6.60. The molecule has 32 heavy (non-hydrogen) atoms. The van der Waals surface area contributed by atoms with Crippen LogP contribution < -0.4 is 0 Å². The Morgan fingerprint density at radius 1 is 0.969 bits per heavy atom. The lowest BCUT2D eigenvalue weighted by Crippen LogP contribution is -2.47. The van der Waals surface area contributed by atoms with E-state index in [1.807, 2.05) is 47.2 Å². The van der Waals surface area contributed by atoms with Gasteiger partial charge in [0, 0.05) is 69.5 Å². The maximum Gasteiger partial charge on any atom is 0.257 e. The van der Waals surface area contributed by atoms with Crippen LogP contribution in [0.25, 0.3) is 10.9 Å². The normalized spacial score (nSPS) is 19.6. The molecule has 1 atom stereocenters. The zero-order valence-corrected chi connectivity index (χ0v) is 18.6. The molecule has 166 valence electrons. The summed E-state index contributed by atoms with van der Waals surface area (Å²) in [7, 11) is 3.89. The van der Waals surface area contributed by atoms with Gasteiger partial charge in [0.05, 0.1) is 22.8 Å². The van der Waals surface area contributed by atoms with Crippen LogP contribution in [0.3, 0.4) is 0 Å². The number of amides is 2. The smallest absolute Gasteiger partial charge is 0.257 e. The van der Waals surface area contributed by atoms with Crippen molar-refractivity contribution in [1.29, 1.82) is 0 Å². The number of piperazine rings is 1. The molecule has 0 unspecified atom stereocenters. The van der Waals surface area contributed by atoms with Crippen molar-refractivity contribution in [2.45, 2.75) is 12.3 Å². The van der Waals surface area contributed by atoms with Crippen LogP contribution in [0.2, 0.25) is 0 Å². The second-order valence-corrected chi connectivity index (χ2v) is 8.85. The minimum atomic E-state index is -0.00451. The van der Waals surface area contributed by atoms with Gasteiger partial charge in [0.25, 0.3) is 11.8 Å². The summed E-state index contributed by atoms with van der Waals surface area (Å²) in [5.41, 5.74) is 3.04. The molecule has 0 aliphatic carbocycles. The fourth-order valence-electron chi connectivity index (χ4n) is 4.66. The predicted molar refractivity (Wildman–Crippen MR) is 122 cm³/mol. The van der Waals surface area contributed by atoms with Crippen LogP contribution in [-0.2, 0) is 7.05 Å². The molecular formula is C24H28N6O2. The number of aryl methyl sites for hydroxylation is 1. The van der Waals surface area contributed by atoms with E-state index in [-0.39, 0.29) is 17.7 Å². The molecule has 5 rings (SSSR count). The summed E-state index contributed by atoms with van der Waals surface area (Å²) < 4.78 is 1.64. The summed E-state index contributed by atoms with van der Waals surface area (Å²) in [6.45, 7) is 4.51. The van der Waals surface area contributed by atoms with E-state index in [0.29, 0.717) is 24.2 Å². The number of hydrogen-bond acceptors (Lipinski definition) is 5. The number of nitrogens with zero attached hydrogens (tertiary/aromatic N) is 6. The molecule has 0 N–H and O–H groups in total. The fourth-order valence-corrected chi connectivity index (χ4v) is 4.66. The van der Waals surface area contributed by atoms with Crippen LogP contribution in [0.1, 0.15) is 38.7 Å². The maximum atomic E-state index is 13.5. The van der Waals surface area contributed by atoms with Crippen molar-refractivity contribution in [3.63, 3.8) is 0 Å². The number of carbonyl (C=O) groups excluding carboxylic acids is 2. The Bertz CT molecular complexity index is 1160. The van der Waals surface area contributed by atoms with E-state index in [1.165, 1.54) is 0 Å². The van der Waals surface area contributed by atoms with Crippen molar-refractivity contribution in [2.75, 3.05) is 46.3 Å². The Labute approximate surface area is 187 Å². The summed E-state index contributed by atoms with van der Waals surface area (Å²) >= 11 is 0. The number of fused-ring (bicyclic) bond motifs is 1. The molecule has 8 nitrogen and oxygen atoms in total. The van der Waals surface area contributed by atoms with E-state index in [1.54, 1.807) is 17.1 Å². The number of rotatable bonds is 3. The molecule has 4 heterocycles. The summed E-state index contributed by atoms with van der Waals surface area (Å²) in [4.78, 5) is 37.2. The molecule has 2 saturated heterocycles.